The number of carbonyl (C=O) groups is 2. The van der Waals surface area contributed by atoms with Crippen LogP contribution in [0.15, 0.2) is 23.3 Å². The van der Waals surface area contributed by atoms with Gasteiger partial charge in [0.1, 0.15) is 5.71 Å². The molecule has 1 aromatic carbocycles. The summed E-state index contributed by atoms with van der Waals surface area (Å²) in [7, 11) is -3.13. The quantitative estimate of drug-likeness (QED) is 0.878. The lowest BCUT2D eigenvalue weighted by molar-refractivity contribution is -0.133. The number of hydrazone groups is 1. The van der Waals surface area contributed by atoms with Gasteiger partial charge in [-0.2, -0.15) is 5.10 Å². The highest BCUT2D eigenvalue weighted by atomic mass is 32.2. The van der Waals surface area contributed by atoms with Crippen LogP contribution in [0.25, 0.3) is 0 Å². The first kappa shape index (κ1) is 17.6. The fraction of sp³-hybridized carbons (Fsp3) is 0.471. The lowest BCUT2D eigenvalue weighted by atomic mass is 10.1. The fourth-order valence-electron chi connectivity index (χ4n) is 3.19. The maximum absolute atomic E-state index is 12.6. The molecule has 2 aliphatic rings. The molecule has 1 fully saturated rings. The van der Waals surface area contributed by atoms with Gasteiger partial charge in [0.05, 0.1) is 17.5 Å². The van der Waals surface area contributed by atoms with Crippen molar-refractivity contribution in [3.8, 4) is 0 Å². The summed E-state index contributed by atoms with van der Waals surface area (Å²) in [5, 5.41) is 8.26. The number of nitrogens with one attached hydrogen (secondary N) is 1. The van der Waals surface area contributed by atoms with Crippen molar-refractivity contribution in [3.05, 3.63) is 29.3 Å². The van der Waals surface area contributed by atoms with Gasteiger partial charge in [-0.15, -0.1) is 0 Å². The Kier molecular flexibility index (Phi) is 4.64. The summed E-state index contributed by atoms with van der Waals surface area (Å²) in [6.45, 7) is 3.81. The van der Waals surface area contributed by atoms with Crippen LogP contribution >= 0.6 is 0 Å². The minimum atomic E-state index is -3.13. The summed E-state index contributed by atoms with van der Waals surface area (Å²) in [6.07, 6.45) is 0.782. The summed E-state index contributed by atoms with van der Waals surface area (Å²) in [6, 6.07) is 5.26. The van der Waals surface area contributed by atoms with Crippen LogP contribution in [0, 0.1) is 13.8 Å². The summed E-state index contributed by atoms with van der Waals surface area (Å²) >= 11 is 0. The lowest BCUT2D eigenvalue weighted by Crippen LogP contribution is -2.42. The molecule has 1 N–H and O–H groups in total. The normalized spacial score (nSPS) is 22.6. The summed E-state index contributed by atoms with van der Waals surface area (Å²) in [5.41, 5.74) is 2.88. The zero-order valence-corrected chi connectivity index (χ0v) is 15.1. The van der Waals surface area contributed by atoms with Gasteiger partial charge in [-0.1, -0.05) is 18.2 Å². The SMILES string of the molecule is Cc1cccc(C)c1NC(=O)C1=NN(C2CCS(=O)(=O)C2)C(=O)CC1. The first-order chi connectivity index (χ1) is 11.8. The Morgan fingerprint density at radius 1 is 1.24 bits per heavy atom. The monoisotopic (exact) mass is 363 g/mol. The van der Waals surface area contributed by atoms with E-state index in [-0.39, 0.29) is 41.9 Å². The molecule has 2 amide bonds. The predicted octanol–water partition coefficient (Wildman–Crippen LogP) is 1.41. The minimum absolute atomic E-state index is 0.0564. The number of hydrogen-bond acceptors (Lipinski definition) is 5. The van der Waals surface area contributed by atoms with E-state index < -0.39 is 15.9 Å². The molecule has 1 unspecified atom stereocenters. The molecule has 1 saturated heterocycles. The number of anilines is 1. The van der Waals surface area contributed by atoms with E-state index in [9.17, 15) is 18.0 Å². The summed E-state index contributed by atoms with van der Waals surface area (Å²) in [4.78, 5) is 24.7. The van der Waals surface area contributed by atoms with Crippen LogP contribution in [0.5, 0.6) is 0 Å². The summed E-state index contributed by atoms with van der Waals surface area (Å²) in [5.74, 6) is -0.615. The zero-order chi connectivity index (χ0) is 18.2. The van der Waals surface area contributed by atoms with Gasteiger partial charge in [-0.05, 0) is 31.4 Å². The third-order valence-corrected chi connectivity index (χ3v) is 6.35. The number of benzene rings is 1. The number of carbonyl (C=O) groups excluding carboxylic acids is 2. The second-order valence-electron chi connectivity index (χ2n) is 6.56. The van der Waals surface area contributed by atoms with Crippen molar-refractivity contribution in [2.75, 3.05) is 16.8 Å². The average Bonchev–Trinajstić information content (AvgIpc) is 2.91. The number of para-hydroxylation sites is 1. The Morgan fingerprint density at radius 2 is 1.92 bits per heavy atom. The molecule has 1 aromatic rings. The van der Waals surface area contributed by atoms with Gasteiger partial charge in [0.25, 0.3) is 5.91 Å². The molecule has 8 heteroatoms. The Balaban J connectivity index is 1.80. The molecule has 134 valence electrons. The van der Waals surface area contributed by atoms with Gasteiger partial charge in [0, 0.05) is 18.5 Å². The number of nitrogens with zero attached hydrogens (tertiary/aromatic N) is 2. The molecule has 25 heavy (non-hydrogen) atoms. The van der Waals surface area contributed by atoms with Crippen LogP contribution in [0.3, 0.4) is 0 Å². The van der Waals surface area contributed by atoms with Crippen molar-refractivity contribution < 1.29 is 18.0 Å². The molecule has 0 aliphatic carbocycles. The Hall–Kier alpha value is -2.22. The molecule has 2 aliphatic heterocycles. The first-order valence-electron chi connectivity index (χ1n) is 8.24. The van der Waals surface area contributed by atoms with Gasteiger partial charge in [0.2, 0.25) is 5.91 Å². The van der Waals surface area contributed by atoms with Crippen molar-refractivity contribution in [2.45, 2.75) is 39.2 Å². The van der Waals surface area contributed by atoms with Crippen LogP contribution < -0.4 is 5.32 Å². The van der Waals surface area contributed by atoms with Crippen LogP contribution in [0.2, 0.25) is 0 Å². The second-order valence-corrected chi connectivity index (χ2v) is 8.79. The van der Waals surface area contributed by atoms with Crippen molar-refractivity contribution in [1.82, 2.24) is 5.01 Å². The average molecular weight is 363 g/mol. The third-order valence-electron chi connectivity index (χ3n) is 4.60. The Bertz CT molecular complexity index is 840. The molecule has 1 atom stereocenters. The maximum atomic E-state index is 12.6. The predicted molar refractivity (Wildman–Crippen MR) is 95.1 cm³/mol. The van der Waals surface area contributed by atoms with Crippen LogP contribution in [-0.2, 0) is 19.4 Å². The highest BCUT2D eigenvalue weighted by Crippen LogP contribution is 2.23. The fourth-order valence-corrected chi connectivity index (χ4v) is 4.88. The zero-order valence-electron chi connectivity index (χ0n) is 14.3. The van der Waals surface area contributed by atoms with E-state index in [0.29, 0.717) is 6.42 Å². The Labute approximate surface area is 147 Å². The van der Waals surface area contributed by atoms with Gasteiger partial charge < -0.3 is 5.32 Å². The van der Waals surface area contributed by atoms with Crippen LogP contribution in [-0.4, -0.2) is 48.5 Å². The Morgan fingerprint density at radius 3 is 2.52 bits per heavy atom. The largest absolute Gasteiger partial charge is 0.320 e. The molecule has 0 spiro atoms. The molecule has 0 radical (unpaired) electrons. The molecular weight excluding hydrogens is 342 g/mol. The van der Waals surface area contributed by atoms with Crippen LogP contribution in [0.4, 0.5) is 5.69 Å². The van der Waals surface area contributed by atoms with E-state index in [1.807, 2.05) is 32.0 Å². The third kappa shape index (κ3) is 3.73. The van der Waals surface area contributed by atoms with Crippen LogP contribution in [0.1, 0.15) is 30.4 Å². The molecule has 3 rings (SSSR count). The molecule has 0 saturated carbocycles. The van der Waals surface area contributed by atoms with E-state index >= 15 is 0 Å². The van der Waals surface area contributed by atoms with Crippen molar-refractivity contribution in [1.29, 1.82) is 0 Å². The minimum Gasteiger partial charge on any atom is -0.320 e. The number of sulfone groups is 1. The smallest absolute Gasteiger partial charge is 0.271 e. The summed E-state index contributed by atoms with van der Waals surface area (Å²) < 4.78 is 23.3. The molecule has 2 heterocycles. The number of amides is 2. The second kappa shape index (κ2) is 6.59. The maximum Gasteiger partial charge on any atom is 0.271 e. The highest BCUT2D eigenvalue weighted by Gasteiger charge is 2.37. The van der Waals surface area contributed by atoms with E-state index in [2.05, 4.69) is 10.4 Å². The number of aryl methyl sites for hydroxylation is 2. The standard InChI is InChI=1S/C17H21N3O4S/c1-11-4-3-5-12(2)16(11)18-17(22)14-6-7-15(21)20(19-14)13-8-9-25(23,24)10-13/h3-5,13H,6-10H2,1-2H3,(H,18,22). The van der Waals surface area contributed by atoms with Gasteiger partial charge in [-0.3, -0.25) is 9.59 Å². The van der Waals surface area contributed by atoms with E-state index in [1.165, 1.54) is 5.01 Å². The van der Waals surface area contributed by atoms with Crippen molar-refractivity contribution in [2.24, 2.45) is 5.10 Å². The molecule has 0 aromatic heterocycles. The molecule has 0 bridgehead atoms. The number of rotatable bonds is 3. The van der Waals surface area contributed by atoms with E-state index in [4.69, 9.17) is 0 Å². The highest BCUT2D eigenvalue weighted by molar-refractivity contribution is 7.91. The van der Waals surface area contributed by atoms with Gasteiger partial charge in [-0.25, -0.2) is 13.4 Å². The van der Waals surface area contributed by atoms with Crippen molar-refractivity contribution in [3.63, 3.8) is 0 Å². The molecule has 7 nitrogen and oxygen atoms in total. The lowest BCUT2D eigenvalue weighted by Gasteiger charge is -2.27. The van der Waals surface area contributed by atoms with E-state index in [1.54, 1.807) is 0 Å². The van der Waals surface area contributed by atoms with Crippen molar-refractivity contribution >= 4 is 33.1 Å². The first-order valence-corrected chi connectivity index (χ1v) is 10.1. The number of hydrogen-bond donors (Lipinski definition) is 1. The molecular formula is C17H21N3O4S. The van der Waals surface area contributed by atoms with E-state index in [0.717, 1.165) is 16.8 Å². The topological polar surface area (TPSA) is 95.9 Å². The van der Waals surface area contributed by atoms with Gasteiger partial charge in [0.15, 0.2) is 9.84 Å². The van der Waals surface area contributed by atoms with Gasteiger partial charge >= 0.3 is 0 Å².